The lowest BCUT2D eigenvalue weighted by Crippen LogP contribution is -2.37. The van der Waals surface area contributed by atoms with Crippen LogP contribution in [0.4, 0.5) is 0 Å². The second-order valence-corrected chi connectivity index (χ2v) is 10.4. The summed E-state index contributed by atoms with van der Waals surface area (Å²) in [6.45, 7) is -1.00. The SMILES string of the molecule is Cn1c(=O)c2c(ncn2CC(=O)/N=c2/scc(-c3ccc(Cl)c(Cl)c3)n2COP(=O)(O)O)n(C)c1=O. The third-order valence-corrected chi connectivity index (χ3v) is 7.17. The Morgan fingerprint density at radius 3 is 2.58 bits per heavy atom. The van der Waals surface area contributed by atoms with Crippen LogP contribution in [0, 0.1) is 0 Å². The molecule has 0 atom stereocenters. The lowest BCUT2D eigenvalue weighted by atomic mass is 10.2. The number of fused-ring (bicyclic) bond motifs is 1. The number of carbonyl (C=O) groups is 1. The highest BCUT2D eigenvalue weighted by Gasteiger charge is 2.19. The molecule has 0 aliphatic rings. The van der Waals surface area contributed by atoms with Crippen LogP contribution in [0.25, 0.3) is 22.4 Å². The zero-order chi connectivity index (χ0) is 26.4. The summed E-state index contributed by atoms with van der Waals surface area (Å²) in [5, 5.41) is 2.16. The number of hydrogen-bond donors (Lipinski definition) is 2. The maximum Gasteiger partial charge on any atom is 0.471 e. The topological polar surface area (TPSA) is 163 Å². The van der Waals surface area contributed by atoms with Crippen LogP contribution in [0.2, 0.25) is 10.0 Å². The average Bonchev–Trinajstić information content (AvgIpc) is 3.40. The fraction of sp³-hybridized carbons (Fsp3) is 0.211. The van der Waals surface area contributed by atoms with E-state index in [0.717, 1.165) is 15.9 Å². The molecule has 190 valence electrons. The molecular weight excluding hydrogens is 558 g/mol. The second-order valence-electron chi connectivity index (χ2n) is 7.47. The Morgan fingerprint density at radius 1 is 1.19 bits per heavy atom. The molecule has 0 unspecified atom stereocenters. The summed E-state index contributed by atoms with van der Waals surface area (Å²) < 4.78 is 20.6. The first-order valence-corrected chi connectivity index (χ1v) is 13.1. The van der Waals surface area contributed by atoms with Crippen LogP contribution in [-0.4, -0.2) is 38.9 Å². The number of halogens is 2. The van der Waals surface area contributed by atoms with Gasteiger partial charge in [0.25, 0.3) is 11.5 Å². The van der Waals surface area contributed by atoms with Crippen molar-refractivity contribution in [2.24, 2.45) is 19.1 Å². The number of aryl methyl sites for hydroxylation is 1. The number of benzene rings is 1. The molecule has 0 spiro atoms. The zero-order valence-corrected chi connectivity index (χ0v) is 21.8. The molecule has 0 aliphatic carbocycles. The summed E-state index contributed by atoms with van der Waals surface area (Å²) in [6.07, 6.45) is 1.25. The van der Waals surface area contributed by atoms with Crippen molar-refractivity contribution in [3.05, 3.63) is 65.6 Å². The van der Waals surface area contributed by atoms with Crippen LogP contribution in [-0.2, 0) is 41.3 Å². The van der Waals surface area contributed by atoms with Crippen molar-refractivity contribution in [1.29, 1.82) is 0 Å². The number of aromatic nitrogens is 5. The monoisotopic (exact) mass is 574 g/mol. The molecule has 2 N–H and O–H groups in total. The van der Waals surface area contributed by atoms with Crippen molar-refractivity contribution in [1.82, 2.24) is 23.3 Å². The Morgan fingerprint density at radius 2 is 1.92 bits per heavy atom. The molecule has 0 saturated carbocycles. The summed E-state index contributed by atoms with van der Waals surface area (Å²) in [5.41, 5.74) is -0.0817. The van der Waals surface area contributed by atoms with Gasteiger partial charge in [-0.2, -0.15) is 4.99 Å². The molecule has 0 fully saturated rings. The summed E-state index contributed by atoms with van der Waals surface area (Å²) in [6, 6.07) is 4.72. The molecule has 3 aromatic heterocycles. The molecule has 4 aromatic rings. The first kappa shape index (κ1) is 26.2. The summed E-state index contributed by atoms with van der Waals surface area (Å²) >= 11 is 13.1. The first-order valence-electron chi connectivity index (χ1n) is 9.89. The van der Waals surface area contributed by atoms with E-state index in [0.29, 0.717) is 16.3 Å². The van der Waals surface area contributed by atoms with E-state index in [2.05, 4.69) is 14.5 Å². The standard InChI is InChI=1S/C19H17Cl2N6O7PS/c1-24-16-15(17(29)25(2)19(24)30)26(8-22-16)6-14(28)23-18-27(9-34-35(31,32)33)13(7-36-18)10-3-4-11(20)12(21)5-10/h3-5,7-8H,6,9H2,1-2H3,(H2,31,32,33)/b23-18+. The Labute approximate surface area is 215 Å². The first-order chi connectivity index (χ1) is 16.9. The van der Waals surface area contributed by atoms with E-state index in [1.807, 2.05) is 0 Å². The third kappa shape index (κ3) is 5.15. The second kappa shape index (κ2) is 9.90. The number of carbonyl (C=O) groups excluding carboxylic acids is 1. The summed E-state index contributed by atoms with van der Waals surface area (Å²) in [4.78, 5) is 64.1. The van der Waals surface area contributed by atoms with Gasteiger partial charge in [-0.1, -0.05) is 29.3 Å². The number of phosphoric ester groups is 1. The largest absolute Gasteiger partial charge is 0.471 e. The molecule has 0 bridgehead atoms. The molecule has 3 heterocycles. The van der Waals surface area contributed by atoms with E-state index in [1.165, 1.54) is 34.1 Å². The maximum absolute atomic E-state index is 12.8. The van der Waals surface area contributed by atoms with Crippen molar-refractivity contribution in [3.63, 3.8) is 0 Å². The number of hydrogen-bond acceptors (Lipinski definition) is 7. The lowest BCUT2D eigenvalue weighted by molar-refractivity contribution is -0.118. The molecule has 0 radical (unpaired) electrons. The number of thiazole rings is 1. The van der Waals surface area contributed by atoms with Crippen LogP contribution in [0.3, 0.4) is 0 Å². The van der Waals surface area contributed by atoms with Gasteiger partial charge in [-0.15, -0.1) is 11.3 Å². The van der Waals surface area contributed by atoms with E-state index >= 15 is 0 Å². The van der Waals surface area contributed by atoms with Crippen LogP contribution in [0.1, 0.15) is 0 Å². The van der Waals surface area contributed by atoms with Gasteiger partial charge in [0.1, 0.15) is 13.3 Å². The molecule has 17 heteroatoms. The van der Waals surface area contributed by atoms with Gasteiger partial charge < -0.3 is 14.4 Å². The van der Waals surface area contributed by atoms with Crippen molar-refractivity contribution >= 4 is 59.4 Å². The molecular formula is C19H17Cl2N6O7PS. The van der Waals surface area contributed by atoms with Crippen LogP contribution in [0.5, 0.6) is 0 Å². The number of rotatable bonds is 6. The van der Waals surface area contributed by atoms with E-state index in [1.54, 1.807) is 23.6 Å². The average molecular weight is 575 g/mol. The highest BCUT2D eigenvalue weighted by molar-refractivity contribution is 7.46. The molecule has 36 heavy (non-hydrogen) atoms. The number of imidazole rings is 1. The minimum atomic E-state index is -4.85. The van der Waals surface area contributed by atoms with Crippen molar-refractivity contribution in [2.75, 3.05) is 0 Å². The molecule has 4 rings (SSSR count). The zero-order valence-electron chi connectivity index (χ0n) is 18.5. The quantitative estimate of drug-likeness (QED) is 0.327. The molecule has 1 amide bonds. The predicted molar refractivity (Wildman–Crippen MR) is 132 cm³/mol. The lowest BCUT2D eigenvalue weighted by Gasteiger charge is -2.11. The van der Waals surface area contributed by atoms with Gasteiger partial charge >= 0.3 is 13.5 Å². The number of amides is 1. The minimum absolute atomic E-state index is 0.0449. The third-order valence-electron chi connectivity index (χ3n) is 5.11. The number of nitrogens with zero attached hydrogens (tertiary/aromatic N) is 6. The van der Waals surface area contributed by atoms with E-state index in [4.69, 9.17) is 23.2 Å². The maximum atomic E-state index is 12.8. The molecule has 0 saturated heterocycles. The van der Waals surface area contributed by atoms with E-state index in [-0.39, 0.29) is 27.5 Å². The molecule has 13 nitrogen and oxygen atoms in total. The molecule has 1 aromatic carbocycles. The van der Waals surface area contributed by atoms with Gasteiger partial charge in [0, 0.05) is 25.0 Å². The fourth-order valence-electron chi connectivity index (χ4n) is 3.37. The van der Waals surface area contributed by atoms with Crippen LogP contribution < -0.4 is 16.1 Å². The predicted octanol–water partition coefficient (Wildman–Crippen LogP) is 1.46. The van der Waals surface area contributed by atoms with Gasteiger partial charge in [-0.05, 0) is 12.1 Å². The van der Waals surface area contributed by atoms with Gasteiger partial charge in [-0.25, -0.2) is 14.3 Å². The Bertz CT molecular complexity index is 1750. The smallest absolute Gasteiger partial charge is 0.315 e. The normalized spacial score (nSPS) is 12.6. The Kier molecular flexibility index (Phi) is 7.21. The minimum Gasteiger partial charge on any atom is -0.315 e. The van der Waals surface area contributed by atoms with Crippen LogP contribution >= 0.6 is 42.4 Å². The highest BCUT2D eigenvalue weighted by atomic mass is 35.5. The van der Waals surface area contributed by atoms with E-state index in [9.17, 15) is 28.7 Å². The highest BCUT2D eigenvalue weighted by Crippen LogP contribution is 2.37. The Hall–Kier alpha value is -2.84. The van der Waals surface area contributed by atoms with Crippen molar-refractivity contribution in [3.8, 4) is 11.3 Å². The van der Waals surface area contributed by atoms with E-state index < -0.39 is 31.7 Å². The van der Waals surface area contributed by atoms with Crippen molar-refractivity contribution in [2.45, 2.75) is 13.3 Å². The van der Waals surface area contributed by atoms with Gasteiger partial charge in [0.2, 0.25) is 0 Å². The fourth-order valence-corrected chi connectivity index (χ4v) is 4.84. The summed E-state index contributed by atoms with van der Waals surface area (Å²) in [7, 11) is -2.08. The van der Waals surface area contributed by atoms with Gasteiger partial charge in [-0.3, -0.25) is 27.8 Å². The Balaban J connectivity index is 1.76. The number of phosphoric acid groups is 1. The van der Waals surface area contributed by atoms with Crippen LogP contribution in [0.15, 0.2) is 44.5 Å². The summed E-state index contributed by atoms with van der Waals surface area (Å²) in [5.74, 6) is -0.697. The van der Waals surface area contributed by atoms with Gasteiger partial charge in [0.05, 0.1) is 22.1 Å². The van der Waals surface area contributed by atoms with Gasteiger partial charge in [0.15, 0.2) is 16.0 Å². The van der Waals surface area contributed by atoms with Crippen molar-refractivity contribution < 1.29 is 23.7 Å². The molecule has 0 aliphatic heterocycles.